The maximum absolute atomic E-state index is 13.8. The van der Waals surface area contributed by atoms with Crippen LogP contribution < -0.4 is 10.1 Å². The van der Waals surface area contributed by atoms with Gasteiger partial charge in [-0.1, -0.05) is 24.3 Å². The quantitative estimate of drug-likeness (QED) is 0.202. The number of nitrogens with zero attached hydrogens (tertiary/aromatic N) is 4. The van der Waals surface area contributed by atoms with Crippen LogP contribution in [0.5, 0.6) is 11.5 Å². The van der Waals surface area contributed by atoms with Crippen LogP contribution in [0.4, 0.5) is 24.5 Å². The van der Waals surface area contributed by atoms with Gasteiger partial charge < -0.3 is 10.1 Å². The molecule has 0 spiro atoms. The SMILES string of the molecule is O=C(Nc1cc(Oc2ccccc2)cc([N+](=O)[O-])c1)c1cc2nc(-c3cccs3)cc(C(F)(F)F)n2n1. The van der Waals surface area contributed by atoms with Gasteiger partial charge in [-0.15, -0.1) is 11.3 Å². The molecule has 0 radical (unpaired) electrons. The highest BCUT2D eigenvalue weighted by Gasteiger charge is 2.35. The van der Waals surface area contributed by atoms with Crippen LogP contribution in [0.25, 0.3) is 16.2 Å². The second-order valence-corrected chi connectivity index (χ2v) is 8.59. The van der Waals surface area contributed by atoms with E-state index in [0.29, 0.717) is 15.1 Å². The van der Waals surface area contributed by atoms with E-state index < -0.39 is 22.7 Å². The Labute approximate surface area is 209 Å². The van der Waals surface area contributed by atoms with Crippen molar-refractivity contribution < 1.29 is 27.6 Å². The fourth-order valence-corrected chi connectivity index (χ4v) is 4.16. The predicted octanol–water partition coefficient (Wildman–Crippen LogP) is 6.43. The maximum atomic E-state index is 13.8. The Kier molecular flexibility index (Phi) is 6.05. The molecule has 2 aromatic carbocycles. The molecule has 3 heterocycles. The summed E-state index contributed by atoms with van der Waals surface area (Å²) in [6.07, 6.45) is -4.77. The zero-order valence-corrected chi connectivity index (χ0v) is 19.3. The molecule has 13 heteroatoms. The van der Waals surface area contributed by atoms with Crippen molar-refractivity contribution in [3.05, 3.63) is 99.7 Å². The van der Waals surface area contributed by atoms with E-state index in [9.17, 15) is 28.1 Å². The molecule has 5 aromatic rings. The molecule has 0 aliphatic carbocycles. The lowest BCUT2D eigenvalue weighted by Gasteiger charge is -2.10. The number of aromatic nitrogens is 3. The standard InChI is InChI=1S/C24H14F3N5O4S/c25-24(26,27)21-12-18(20-7-4-8-37-20)29-22-13-19(30-31(21)22)23(33)28-14-9-15(32(34)35)11-17(10-14)36-16-5-2-1-3-6-16/h1-13H,(H,28,33). The van der Waals surface area contributed by atoms with E-state index in [0.717, 1.165) is 18.2 Å². The van der Waals surface area contributed by atoms with E-state index in [1.807, 2.05) is 0 Å². The first-order valence-corrected chi connectivity index (χ1v) is 11.4. The molecule has 0 atom stereocenters. The number of amides is 1. The Morgan fingerprint density at radius 3 is 2.49 bits per heavy atom. The number of halogens is 3. The minimum atomic E-state index is -4.77. The minimum absolute atomic E-state index is 0.00883. The fraction of sp³-hybridized carbons (Fsp3) is 0.0417. The molecule has 0 aliphatic rings. The van der Waals surface area contributed by atoms with Gasteiger partial charge in [0.15, 0.2) is 17.0 Å². The van der Waals surface area contributed by atoms with Crippen molar-refractivity contribution in [1.29, 1.82) is 0 Å². The van der Waals surface area contributed by atoms with Crippen LogP contribution >= 0.6 is 11.3 Å². The average Bonchev–Trinajstić information content (AvgIpc) is 3.53. The molecule has 186 valence electrons. The van der Waals surface area contributed by atoms with Gasteiger partial charge in [-0.05, 0) is 29.6 Å². The fourth-order valence-electron chi connectivity index (χ4n) is 3.48. The molecule has 1 amide bonds. The molecule has 0 aliphatic heterocycles. The van der Waals surface area contributed by atoms with Crippen LogP contribution in [-0.2, 0) is 6.18 Å². The van der Waals surface area contributed by atoms with Crippen molar-refractivity contribution in [1.82, 2.24) is 14.6 Å². The first kappa shape index (κ1) is 23.9. The topological polar surface area (TPSA) is 112 Å². The van der Waals surface area contributed by atoms with Crippen molar-refractivity contribution in [3.63, 3.8) is 0 Å². The number of carbonyl (C=O) groups excluding carboxylic acids is 1. The van der Waals surface area contributed by atoms with Gasteiger partial charge >= 0.3 is 6.18 Å². The lowest BCUT2D eigenvalue weighted by Crippen LogP contribution is -2.15. The normalized spacial score (nSPS) is 11.4. The Balaban J connectivity index is 1.49. The molecule has 1 N–H and O–H groups in total. The van der Waals surface area contributed by atoms with Gasteiger partial charge in [0.1, 0.15) is 11.5 Å². The van der Waals surface area contributed by atoms with Crippen LogP contribution in [0.15, 0.2) is 78.2 Å². The van der Waals surface area contributed by atoms with Crippen molar-refractivity contribution in [3.8, 4) is 22.1 Å². The van der Waals surface area contributed by atoms with E-state index >= 15 is 0 Å². The lowest BCUT2D eigenvalue weighted by atomic mass is 10.2. The van der Waals surface area contributed by atoms with Crippen molar-refractivity contribution >= 4 is 34.3 Å². The van der Waals surface area contributed by atoms with Gasteiger partial charge in [0.05, 0.1) is 27.2 Å². The van der Waals surface area contributed by atoms with E-state index in [1.54, 1.807) is 47.8 Å². The minimum Gasteiger partial charge on any atom is -0.457 e. The highest BCUT2D eigenvalue weighted by atomic mass is 32.1. The Bertz CT molecular complexity index is 1620. The highest BCUT2D eigenvalue weighted by molar-refractivity contribution is 7.13. The number of para-hydroxylation sites is 1. The van der Waals surface area contributed by atoms with E-state index in [4.69, 9.17) is 4.74 Å². The van der Waals surface area contributed by atoms with Gasteiger partial charge in [-0.25, -0.2) is 9.50 Å². The van der Waals surface area contributed by atoms with Gasteiger partial charge in [0.25, 0.3) is 11.6 Å². The monoisotopic (exact) mass is 525 g/mol. The molecule has 5 rings (SSSR count). The number of alkyl halides is 3. The van der Waals surface area contributed by atoms with Crippen LogP contribution in [-0.4, -0.2) is 25.4 Å². The number of anilines is 1. The zero-order chi connectivity index (χ0) is 26.2. The summed E-state index contributed by atoms with van der Waals surface area (Å²) in [6.45, 7) is 0. The second-order valence-electron chi connectivity index (χ2n) is 7.64. The van der Waals surface area contributed by atoms with Crippen LogP contribution in [0.3, 0.4) is 0 Å². The molecule has 0 bridgehead atoms. The molecular formula is C24H14F3N5O4S. The number of hydrogen-bond donors (Lipinski definition) is 1. The Morgan fingerprint density at radius 1 is 1.03 bits per heavy atom. The molecule has 37 heavy (non-hydrogen) atoms. The summed E-state index contributed by atoms with van der Waals surface area (Å²) >= 11 is 1.22. The number of hydrogen-bond acceptors (Lipinski definition) is 7. The molecule has 0 unspecified atom stereocenters. The summed E-state index contributed by atoms with van der Waals surface area (Å²) in [7, 11) is 0. The van der Waals surface area contributed by atoms with E-state index in [2.05, 4.69) is 15.4 Å². The number of thiophene rings is 1. The smallest absolute Gasteiger partial charge is 0.433 e. The first-order chi connectivity index (χ1) is 17.7. The number of benzene rings is 2. The third-order valence-corrected chi connectivity index (χ3v) is 5.96. The number of nitro benzene ring substituents is 1. The summed E-state index contributed by atoms with van der Waals surface area (Å²) in [4.78, 5) is 28.4. The Morgan fingerprint density at radius 2 is 1.81 bits per heavy atom. The average molecular weight is 525 g/mol. The molecule has 0 saturated heterocycles. The lowest BCUT2D eigenvalue weighted by molar-refractivity contribution is -0.384. The third-order valence-electron chi connectivity index (χ3n) is 5.06. The van der Waals surface area contributed by atoms with Crippen LogP contribution in [0.1, 0.15) is 16.2 Å². The second kappa shape index (κ2) is 9.35. The Hall–Kier alpha value is -4.78. The number of nitrogens with one attached hydrogen (secondary N) is 1. The van der Waals surface area contributed by atoms with Crippen molar-refractivity contribution in [2.24, 2.45) is 0 Å². The highest BCUT2D eigenvalue weighted by Crippen LogP contribution is 2.34. The molecule has 0 fully saturated rings. The third kappa shape index (κ3) is 5.11. The van der Waals surface area contributed by atoms with E-state index in [1.165, 1.54) is 23.5 Å². The van der Waals surface area contributed by atoms with Crippen LogP contribution in [0.2, 0.25) is 0 Å². The summed E-state index contributed by atoms with van der Waals surface area (Å²) in [5, 5.41) is 19.3. The number of carbonyl (C=O) groups is 1. The number of nitro groups is 1. The first-order valence-electron chi connectivity index (χ1n) is 10.5. The maximum Gasteiger partial charge on any atom is 0.433 e. The van der Waals surface area contributed by atoms with Gasteiger partial charge in [0.2, 0.25) is 0 Å². The number of ether oxygens (including phenoxy) is 1. The number of fused-ring (bicyclic) bond motifs is 1. The molecular weight excluding hydrogens is 511 g/mol. The van der Waals surface area contributed by atoms with Crippen molar-refractivity contribution in [2.75, 3.05) is 5.32 Å². The van der Waals surface area contributed by atoms with Gasteiger partial charge in [-0.3, -0.25) is 14.9 Å². The molecule has 3 aromatic heterocycles. The zero-order valence-electron chi connectivity index (χ0n) is 18.5. The van der Waals surface area contributed by atoms with Crippen molar-refractivity contribution in [2.45, 2.75) is 6.18 Å². The summed E-state index contributed by atoms with van der Waals surface area (Å²) in [6, 6.07) is 17.4. The summed E-state index contributed by atoms with van der Waals surface area (Å²) < 4.78 is 47.5. The van der Waals surface area contributed by atoms with Gasteiger partial charge in [0, 0.05) is 18.2 Å². The van der Waals surface area contributed by atoms with Crippen LogP contribution in [0, 0.1) is 10.1 Å². The summed E-state index contributed by atoms with van der Waals surface area (Å²) in [5.74, 6) is -0.400. The largest absolute Gasteiger partial charge is 0.457 e. The van der Waals surface area contributed by atoms with E-state index in [-0.39, 0.29) is 34.2 Å². The summed E-state index contributed by atoms with van der Waals surface area (Å²) in [5.41, 5.74) is -1.93. The predicted molar refractivity (Wildman–Crippen MR) is 129 cm³/mol. The molecule has 0 saturated carbocycles. The molecule has 9 nitrogen and oxygen atoms in total. The number of rotatable bonds is 6. The number of non-ortho nitro benzene ring substituents is 1. The van der Waals surface area contributed by atoms with Gasteiger partial charge in [-0.2, -0.15) is 18.3 Å².